The molecule has 2 aromatic carbocycles. The van der Waals surface area contributed by atoms with Gasteiger partial charge in [0.05, 0.1) is 35.0 Å². The average molecular weight is 552 g/mol. The fraction of sp³-hybridized carbons (Fsp3) is 0.320. The zero-order valence-electron chi connectivity index (χ0n) is 19.8. The second-order valence-electron chi connectivity index (χ2n) is 8.34. The van der Waals surface area contributed by atoms with Gasteiger partial charge in [-0.3, -0.25) is 14.9 Å². The number of ether oxygens (including phenoxy) is 3. The number of likely N-dealkylation sites (tertiary alicyclic amines) is 1. The molecule has 1 N–H and O–H groups in total. The number of amides is 3. The summed E-state index contributed by atoms with van der Waals surface area (Å²) in [6.45, 7) is 0.783. The maximum atomic E-state index is 14.7. The van der Waals surface area contributed by atoms with Crippen molar-refractivity contribution in [1.82, 2.24) is 4.90 Å². The van der Waals surface area contributed by atoms with E-state index in [-0.39, 0.29) is 37.3 Å². The molecule has 9 nitrogen and oxygen atoms in total. The van der Waals surface area contributed by atoms with E-state index in [2.05, 4.69) is 5.32 Å². The van der Waals surface area contributed by atoms with Gasteiger partial charge in [-0.05, 0) is 42.0 Å². The van der Waals surface area contributed by atoms with E-state index >= 15 is 0 Å². The Hall–Kier alpha value is -3.18. The summed E-state index contributed by atoms with van der Waals surface area (Å²) in [4.78, 5) is 40.2. The van der Waals surface area contributed by atoms with Crippen LogP contribution in [0.5, 0.6) is 0 Å². The van der Waals surface area contributed by atoms with Gasteiger partial charge in [0.2, 0.25) is 5.91 Å². The van der Waals surface area contributed by atoms with E-state index in [0.29, 0.717) is 34.4 Å². The molecule has 12 heteroatoms. The number of halogens is 3. The summed E-state index contributed by atoms with van der Waals surface area (Å²) in [5.41, 5.74) is 0.889. The maximum absolute atomic E-state index is 14.7. The number of hydrogen-bond donors (Lipinski definition) is 1. The molecular weight excluding hydrogens is 528 g/mol. The van der Waals surface area contributed by atoms with Crippen molar-refractivity contribution in [2.24, 2.45) is 0 Å². The molecule has 3 amide bonds. The molecule has 2 heterocycles. The third kappa shape index (κ3) is 6.58. The Bertz CT molecular complexity index is 1230. The van der Waals surface area contributed by atoms with Gasteiger partial charge in [-0.1, -0.05) is 29.3 Å². The van der Waals surface area contributed by atoms with Crippen LogP contribution in [-0.4, -0.2) is 68.6 Å². The second-order valence-corrected chi connectivity index (χ2v) is 9.15. The van der Waals surface area contributed by atoms with Crippen molar-refractivity contribution in [3.63, 3.8) is 0 Å². The predicted molar refractivity (Wildman–Crippen MR) is 136 cm³/mol. The van der Waals surface area contributed by atoms with Crippen LogP contribution in [0.15, 0.2) is 42.5 Å². The van der Waals surface area contributed by atoms with Gasteiger partial charge in [0, 0.05) is 31.8 Å². The number of rotatable bonds is 6. The summed E-state index contributed by atoms with van der Waals surface area (Å²) in [7, 11) is 1.50. The average Bonchev–Trinajstić information content (AvgIpc) is 3.29. The zero-order chi connectivity index (χ0) is 26.5. The number of nitrogens with one attached hydrogen (secondary N) is 1. The van der Waals surface area contributed by atoms with Crippen molar-refractivity contribution >= 4 is 58.6 Å². The number of hydrogen-bond acceptors (Lipinski definition) is 6. The van der Waals surface area contributed by atoms with Crippen molar-refractivity contribution in [2.45, 2.75) is 18.8 Å². The van der Waals surface area contributed by atoms with Crippen molar-refractivity contribution in [3.05, 3.63) is 63.9 Å². The molecule has 2 aliphatic heterocycles. The first-order valence-corrected chi connectivity index (χ1v) is 12.1. The molecular formula is C25H24Cl2FN3O6. The number of methoxy groups -OCH3 is 1. The number of carbonyl (C=O) groups excluding carboxylic acids is 3. The molecule has 0 spiro atoms. The van der Waals surface area contributed by atoms with Gasteiger partial charge >= 0.3 is 6.09 Å². The Balaban J connectivity index is 1.40. The molecule has 0 radical (unpaired) electrons. The second kappa shape index (κ2) is 11.9. The molecule has 0 saturated carbocycles. The van der Waals surface area contributed by atoms with Gasteiger partial charge in [0.1, 0.15) is 12.4 Å². The highest BCUT2D eigenvalue weighted by Crippen LogP contribution is 2.26. The first kappa shape index (κ1) is 26.9. The molecule has 4 rings (SSSR count). The smallest absolute Gasteiger partial charge is 0.413 e. The first-order chi connectivity index (χ1) is 17.7. The SMILES string of the molecule is CO[C@@H]1C[C@@H](OC(=O)Nc2ccc(N3CCOCC3=O)cc2F)N(C(=O)/C=C/c2ccc(Cl)c(Cl)c2)C1. The monoisotopic (exact) mass is 551 g/mol. The third-order valence-corrected chi connectivity index (χ3v) is 6.66. The number of carbonyl (C=O) groups is 3. The quantitative estimate of drug-likeness (QED) is 0.536. The zero-order valence-corrected chi connectivity index (χ0v) is 21.3. The molecule has 2 saturated heterocycles. The lowest BCUT2D eigenvalue weighted by Gasteiger charge is -2.27. The molecule has 0 aromatic heterocycles. The van der Waals surface area contributed by atoms with Crippen LogP contribution in [0, 0.1) is 5.82 Å². The molecule has 2 fully saturated rings. The van der Waals surface area contributed by atoms with Crippen molar-refractivity contribution < 1.29 is 33.0 Å². The van der Waals surface area contributed by atoms with Gasteiger partial charge < -0.3 is 24.0 Å². The molecule has 0 bridgehead atoms. The van der Waals surface area contributed by atoms with Gasteiger partial charge in [0.15, 0.2) is 6.23 Å². The fourth-order valence-electron chi connectivity index (χ4n) is 3.98. The molecule has 0 aliphatic carbocycles. The summed E-state index contributed by atoms with van der Waals surface area (Å²) < 4.78 is 30.6. The molecule has 2 aromatic rings. The van der Waals surface area contributed by atoms with E-state index in [1.807, 2.05) is 0 Å². The Labute approximate surface area is 222 Å². The standard InChI is InChI=1S/C25H24Cl2FN3O6/c1-35-17-12-24(31(13-17)22(32)7-3-15-2-5-18(26)19(27)10-15)37-25(34)29-21-6-4-16(11-20(21)28)30-8-9-36-14-23(30)33/h2-7,10-11,17,24H,8-9,12-14H2,1H3,(H,29,34)/b7-3+/t17-,24-/m1/s1. The number of benzene rings is 2. The van der Waals surface area contributed by atoms with Gasteiger partial charge in [-0.2, -0.15) is 0 Å². The van der Waals surface area contributed by atoms with E-state index in [9.17, 15) is 18.8 Å². The van der Waals surface area contributed by atoms with Crippen LogP contribution in [0.4, 0.5) is 20.6 Å². The van der Waals surface area contributed by atoms with Gasteiger partial charge in [0.25, 0.3) is 5.91 Å². The fourth-order valence-corrected chi connectivity index (χ4v) is 4.29. The molecule has 196 valence electrons. The Morgan fingerprint density at radius 1 is 1.19 bits per heavy atom. The van der Waals surface area contributed by atoms with E-state index in [1.54, 1.807) is 24.3 Å². The summed E-state index contributed by atoms with van der Waals surface area (Å²) in [6, 6.07) is 8.94. The van der Waals surface area contributed by atoms with Crippen LogP contribution in [0.1, 0.15) is 12.0 Å². The Morgan fingerprint density at radius 3 is 2.70 bits per heavy atom. The minimum atomic E-state index is -0.942. The number of nitrogens with zero attached hydrogens (tertiary/aromatic N) is 2. The minimum absolute atomic E-state index is 0.0738. The van der Waals surface area contributed by atoms with E-state index in [4.69, 9.17) is 37.4 Å². The van der Waals surface area contributed by atoms with E-state index in [0.717, 1.165) is 6.07 Å². The Kier molecular flexibility index (Phi) is 8.65. The van der Waals surface area contributed by atoms with Crippen LogP contribution in [0.2, 0.25) is 10.0 Å². The highest BCUT2D eigenvalue weighted by atomic mass is 35.5. The lowest BCUT2D eigenvalue weighted by molar-refractivity contribution is -0.132. The van der Waals surface area contributed by atoms with Crippen molar-refractivity contribution in [3.8, 4) is 0 Å². The third-order valence-electron chi connectivity index (χ3n) is 5.92. The van der Waals surface area contributed by atoms with E-state index in [1.165, 1.54) is 35.1 Å². The number of morpholine rings is 1. The normalized spacial score (nSPS) is 19.9. The van der Waals surface area contributed by atoms with Gasteiger partial charge in [-0.15, -0.1) is 0 Å². The molecule has 2 atom stereocenters. The van der Waals surface area contributed by atoms with E-state index < -0.39 is 24.0 Å². The topological polar surface area (TPSA) is 97.4 Å². The van der Waals surface area contributed by atoms with Crippen LogP contribution in [0.25, 0.3) is 6.08 Å². The van der Waals surface area contributed by atoms with Crippen LogP contribution < -0.4 is 10.2 Å². The predicted octanol–water partition coefficient (Wildman–Crippen LogP) is 4.33. The molecule has 0 unspecified atom stereocenters. The van der Waals surface area contributed by atoms with Crippen molar-refractivity contribution in [2.75, 3.05) is 43.6 Å². The Morgan fingerprint density at radius 2 is 2.00 bits per heavy atom. The first-order valence-electron chi connectivity index (χ1n) is 11.4. The van der Waals surface area contributed by atoms with Crippen molar-refractivity contribution in [1.29, 1.82) is 0 Å². The summed E-state index contributed by atoms with van der Waals surface area (Å²) in [5.74, 6) is -1.43. The van der Waals surface area contributed by atoms with Crippen LogP contribution in [0.3, 0.4) is 0 Å². The molecule has 37 heavy (non-hydrogen) atoms. The summed E-state index contributed by atoms with van der Waals surface area (Å²) in [5, 5.41) is 3.10. The summed E-state index contributed by atoms with van der Waals surface area (Å²) in [6.07, 6.45) is 0.930. The largest absolute Gasteiger partial charge is 0.425 e. The van der Waals surface area contributed by atoms with Crippen LogP contribution in [-0.2, 0) is 23.8 Å². The minimum Gasteiger partial charge on any atom is -0.425 e. The maximum Gasteiger partial charge on any atom is 0.413 e. The highest BCUT2D eigenvalue weighted by Gasteiger charge is 2.37. The van der Waals surface area contributed by atoms with Crippen LogP contribution >= 0.6 is 23.2 Å². The lowest BCUT2D eigenvalue weighted by Crippen LogP contribution is -2.41. The summed E-state index contributed by atoms with van der Waals surface area (Å²) >= 11 is 11.9. The lowest BCUT2D eigenvalue weighted by atomic mass is 10.2. The highest BCUT2D eigenvalue weighted by molar-refractivity contribution is 6.42. The van der Waals surface area contributed by atoms with Gasteiger partial charge in [-0.25, -0.2) is 9.18 Å². The number of anilines is 2. The molecule has 2 aliphatic rings.